The summed E-state index contributed by atoms with van der Waals surface area (Å²) >= 11 is 2.92. The minimum Gasteiger partial charge on any atom is -0.477 e. The maximum Gasteiger partial charge on any atom is 0.352 e. The van der Waals surface area contributed by atoms with Gasteiger partial charge in [0.05, 0.1) is 0 Å². The molecule has 2 aliphatic heterocycles. The van der Waals surface area contributed by atoms with Crippen molar-refractivity contribution in [2.45, 2.75) is 30.0 Å². The number of carboxylic acid groups (broad SMARTS) is 1. The lowest BCUT2D eigenvalue weighted by molar-refractivity contribution is -0.147. The topological polar surface area (TPSA) is 114 Å². The van der Waals surface area contributed by atoms with Crippen molar-refractivity contribution in [3.05, 3.63) is 17.6 Å². The zero-order chi connectivity index (χ0) is 15.9. The van der Waals surface area contributed by atoms with E-state index in [-0.39, 0.29) is 17.0 Å². The average Bonchev–Trinajstić information content (AvgIpc) is 2.98. The van der Waals surface area contributed by atoms with Gasteiger partial charge >= 0.3 is 5.97 Å². The third-order valence-electron chi connectivity index (χ3n) is 3.55. The monoisotopic (exact) mass is 341 g/mol. The Bertz CT molecular complexity index is 659. The number of β-lactam (4-membered cyclic amide) rings is 1. The van der Waals surface area contributed by atoms with Crippen molar-refractivity contribution in [3.8, 4) is 0 Å². The summed E-state index contributed by atoms with van der Waals surface area (Å²) in [6, 6.07) is -0.600. The lowest BCUT2D eigenvalue weighted by Gasteiger charge is -2.48. The van der Waals surface area contributed by atoms with Crippen LogP contribution in [0.2, 0.25) is 0 Å². The smallest absolute Gasteiger partial charge is 0.352 e. The zero-order valence-electron chi connectivity index (χ0n) is 11.8. The molecule has 1 fully saturated rings. The van der Waals surface area contributed by atoms with E-state index >= 15 is 0 Å². The number of aliphatic carboxylic acids is 1. The summed E-state index contributed by atoms with van der Waals surface area (Å²) in [4.78, 5) is 28.9. The molecule has 3 rings (SSSR count). The fourth-order valence-corrected chi connectivity index (χ4v) is 4.84. The highest BCUT2D eigenvalue weighted by Crippen LogP contribution is 2.40. The SMILES string of the molecule is CCn1ncnc1SCC1=C(C(=O)O)N2C(=O)C(N)C2SC1. The van der Waals surface area contributed by atoms with E-state index in [2.05, 4.69) is 10.1 Å². The molecule has 0 aliphatic carbocycles. The van der Waals surface area contributed by atoms with Gasteiger partial charge < -0.3 is 10.8 Å². The van der Waals surface area contributed by atoms with E-state index in [0.29, 0.717) is 23.6 Å². The van der Waals surface area contributed by atoms with Crippen LogP contribution < -0.4 is 5.73 Å². The first-order valence-electron chi connectivity index (χ1n) is 6.70. The predicted octanol–water partition coefficient (Wildman–Crippen LogP) is -0.0288. The van der Waals surface area contributed by atoms with Crippen LogP contribution in [0.1, 0.15) is 6.92 Å². The molecular formula is C12H15N5O3S2. The van der Waals surface area contributed by atoms with Crippen molar-refractivity contribution in [2.75, 3.05) is 11.5 Å². The first kappa shape index (κ1) is 15.4. The Morgan fingerprint density at radius 3 is 3.09 bits per heavy atom. The van der Waals surface area contributed by atoms with E-state index in [0.717, 1.165) is 5.16 Å². The van der Waals surface area contributed by atoms with Crippen LogP contribution in [0.25, 0.3) is 0 Å². The lowest BCUT2D eigenvalue weighted by Crippen LogP contribution is -2.68. The lowest BCUT2D eigenvalue weighted by atomic mass is 10.0. The molecule has 0 radical (unpaired) electrons. The molecule has 1 amide bonds. The zero-order valence-corrected chi connectivity index (χ0v) is 13.4. The van der Waals surface area contributed by atoms with E-state index in [9.17, 15) is 14.7 Å². The number of hydrogen-bond acceptors (Lipinski definition) is 7. The molecule has 22 heavy (non-hydrogen) atoms. The predicted molar refractivity (Wildman–Crippen MR) is 82.1 cm³/mol. The van der Waals surface area contributed by atoms with Gasteiger partial charge in [0.1, 0.15) is 23.4 Å². The Balaban J connectivity index is 1.81. The summed E-state index contributed by atoms with van der Waals surface area (Å²) in [7, 11) is 0. The molecule has 3 N–H and O–H groups in total. The molecule has 2 atom stereocenters. The normalized spacial score (nSPS) is 24.3. The Labute approximate surface area is 135 Å². The summed E-state index contributed by atoms with van der Waals surface area (Å²) in [6.07, 6.45) is 1.47. The van der Waals surface area contributed by atoms with Gasteiger partial charge in [0.25, 0.3) is 0 Å². The van der Waals surface area contributed by atoms with Crippen LogP contribution in [0, 0.1) is 0 Å². The van der Waals surface area contributed by atoms with Gasteiger partial charge in [-0.25, -0.2) is 14.5 Å². The highest BCUT2D eigenvalue weighted by Gasteiger charge is 2.51. The average molecular weight is 341 g/mol. The number of hydrogen-bond donors (Lipinski definition) is 2. The molecule has 1 aromatic rings. The van der Waals surface area contributed by atoms with Gasteiger partial charge in [-0.05, 0) is 12.5 Å². The fourth-order valence-electron chi connectivity index (χ4n) is 2.42. The van der Waals surface area contributed by atoms with Gasteiger partial charge in [0.2, 0.25) is 5.91 Å². The standard InChI is InChI=1S/C12H15N5O3S2/c1-2-16-12(14-5-15-16)22-4-6-3-21-10-7(13)9(18)17(10)8(6)11(19)20/h5,7,10H,2-4,13H2,1H3,(H,19,20). The first-order chi connectivity index (χ1) is 10.5. The molecule has 1 saturated heterocycles. The number of fused-ring (bicyclic) bond motifs is 1. The van der Waals surface area contributed by atoms with Crippen molar-refractivity contribution in [2.24, 2.45) is 5.73 Å². The number of carbonyl (C=O) groups excluding carboxylic acids is 1. The second-order valence-electron chi connectivity index (χ2n) is 4.84. The van der Waals surface area contributed by atoms with Gasteiger partial charge in [-0.3, -0.25) is 9.69 Å². The van der Waals surface area contributed by atoms with Crippen LogP contribution in [-0.4, -0.2) is 59.6 Å². The largest absolute Gasteiger partial charge is 0.477 e. The van der Waals surface area contributed by atoms with E-state index < -0.39 is 12.0 Å². The molecular weight excluding hydrogens is 326 g/mol. The molecule has 3 heterocycles. The van der Waals surface area contributed by atoms with Gasteiger partial charge in [0, 0.05) is 18.1 Å². The van der Waals surface area contributed by atoms with Crippen LogP contribution in [0.15, 0.2) is 22.8 Å². The Morgan fingerprint density at radius 1 is 1.64 bits per heavy atom. The Morgan fingerprint density at radius 2 is 2.41 bits per heavy atom. The third kappa shape index (κ3) is 2.40. The summed E-state index contributed by atoms with van der Waals surface area (Å²) in [5, 5.41) is 14.0. The summed E-state index contributed by atoms with van der Waals surface area (Å²) in [5.41, 5.74) is 6.51. The van der Waals surface area contributed by atoms with E-state index in [1.54, 1.807) is 4.68 Å². The summed E-state index contributed by atoms with van der Waals surface area (Å²) < 4.78 is 1.75. The third-order valence-corrected chi connectivity index (χ3v) is 5.97. The van der Waals surface area contributed by atoms with Crippen LogP contribution >= 0.6 is 23.5 Å². The number of aryl methyl sites for hydroxylation is 1. The van der Waals surface area contributed by atoms with Crippen LogP contribution in [0.5, 0.6) is 0 Å². The number of carboxylic acids is 1. The highest BCUT2D eigenvalue weighted by molar-refractivity contribution is 8.01. The Hall–Kier alpha value is -1.52. The minimum absolute atomic E-state index is 0.0745. The van der Waals surface area contributed by atoms with Crippen molar-refractivity contribution in [3.63, 3.8) is 0 Å². The molecule has 0 spiro atoms. The van der Waals surface area contributed by atoms with E-state index in [4.69, 9.17) is 5.73 Å². The number of aromatic nitrogens is 3. The number of amides is 1. The van der Waals surface area contributed by atoms with Gasteiger partial charge in [-0.2, -0.15) is 5.10 Å². The van der Waals surface area contributed by atoms with Crippen LogP contribution in [0.4, 0.5) is 0 Å². The fraction of sp³-hybridized carbons (Fsp3) is 0.500. The second-order valence-corrected chi connectivity index (χ2v) is 6.89. The van der Waals surface area contributed by atoms with Crippen molar-refractivity contribution >= 4 is 35.4 Å². The van der Waals surface area contributed by atoms with Crippen molar-refractivity contribution in [1.82, 2.24) is 19.7 Å². The summed E-state index contributed by atoms with van der Waals surface area (Å²) in [6.45, 7) is 2.66. The molecule has 10 heteroatoms. The molecule has 118 valence electrons. The van der Waals surface area contributed by atoms with E-state index in [1.165, 1.54) is 34.8 Å². The second kappa shape index (κ2) is 5.94. The molecule has 8 nitrogen and oxygen atoms in total. The first-order valence-corrected chi connectivity index (χ1v) is 8.74. The highest BCUT2D eigenvalue weighted by atomic mass is 32.2. The number of carbonyl (C=O) groups is 2. The quantitative estimate of drug-likeness (QED) is 0.567. The van der Waals surface area contributed by atoms with Crippen molar-refractivity contribution < 1.29 is 14.7 Å². The van der Waals surface area contributed by atoms with Crippen LogP contribution in [-0.2, 0) is 16.1 Å². The van der Waals surface area contributed by atoms with Gasteiger partial charge in [0.15, 0.2) is 5.16 Å². The number of nitrogens with two attached hydrogens (primary N) is 1. The number of thioether (sulfide) groups is 2. The number of rotatable bonds is 5. The van der Waals surface area contributed by atoms with Gasteiger partial charge in [-0.1, -0.05) is 11.8 Å². The van der Waals surface area contributed by atoms with Gasteiger partial charge in [-0.15, -0.1) is 11.8 Å². The number of nitrogens with zero attached hydrogens (tertiary/aromatic N) is 4. The molecule has 2 aliphatic rings. The molecule has 1 aromatic heterocycles. The molecule has 0 aromatic carbocycles. The molecule has 2 unspecified atom stereocenters. The maximum absolute atomic E-state index is 11.8. The molecule has 0 saturated carbocycles. The Kier molecular flexibility index (Phi) is 4.15. The van der Waals surface area contributed by atoms with E-state index in [1.807, 2.05) is 6.92 Å². The van der Waals surface area contributed by atoms with Crippen LogP contribution in [0.3, 0.4) is 0 Å². The minimum atomic E-state index is -1.09. The maximum atomic E-state index is 11.8. The summed E-state index contributed by atoms with van der Waals surface area (Å²) in [5.74, 6) is -0.400. The molecule has 0 bridgehead atoms. The van der Waals surface area contributed by atoms with Crippen molar-refractivity contribution in [1.29, 1.82) is 0 Å².